The van der Waals surface area contributed by atoms with E-state index in [9.17, 15) is 5.11 Å². The van der Waals surface area contributed by atoms with Gasteiger partial charge in [-0.05, 0) is 18.5 Å². The van der Waals surface area contributed by atoms with Crippen LogP contribution in [0.2, 0.25) is 0 Å². The van der Waals surface area contributed by atoms with Crippen molar-refractivity contribution in [3.05, 3.63) is 23.9 Å². The van der Waals surface area contributed by atoms with Gasteiger partial charge in [-0.3, -0.25) is 0 Å². The molecule has 15 heavy (non-hydrogen) atoms. The van der Waals surface area contributed by atoms with E-state index in [-0.39, 0.29) is 0 Å². The molecule has 0 bridgehead atoms. The van der Waals surface area contributed by atoms with E-state index < -0.39 is 5.60 Å². The van der Waals surface area contributed by atoms with E-state index in [4.69, 9.17) is 4.74 Å². The highest BCUT2D eigenvalue weighted by Gasteiger charge is 2.30. The minimum absolute atomic E-state index is 0.601. The zero-order chi connectivity index (χ0) is 10.7. The van der Waals surface area contributed by atoms with E-state index in [1.807, 2.05) is 12.1 Å². The summed E-state index contributed by atoms with van der Waals surface area (Å²) >= 11 is 0. The SMILES string of the molecule is COc1ccc(CC2(O)CCNC2)cn1. The number of nitrogens with zero attached hydrogens (tertiary/aromatic N) is 1. The number of aliphatic hydroxyl groups is 1. The Morgan fingerprint density at radius 1 is 1.60 bits per heavy atom. The fourth-order valence-corrected chi connectivity index (χ4v) is 1.90. The number of methoxy groups -OCH3 is 1. The third kappa shape index (κ3) is 2.46. The summed E-state index contributed by atoms with van der Waals surface area (Å²) in [6, 6.07) is 3.77. The van der Waals surface area contributed by atoms with Crippen molar-refractivity contribution >= 4 is 0 Å². The van der Waals surface area contributed by atoms with Crippen LogP contribution in [-0.4, -0.2) is 35.9 Å². The lowest BCUT2D eigenvalue weighted by Crippen LogP contribution is -2.33. The molecule has 1 unspecified atom stereocenters. The first-order valence-electron chi connectivity index (χ1n) is 5.14. The zero-order valence-electron chi connectivity index (χ0n) is 8.86. The Morgan fingerprint density at radius 3 is 3.00 bits per heavy atom. The molecule has 1 aromatic rings. The lowest BCUT2D eigenvalue weighted by molar-refractivity contribution is 0.0618. The van der Waals surface area contributed by atoms with Gasteiger partial charge in [0.05, 0.1) is 12.7 Å². The van der Waals surface area contributed by atoms with Gasteiger partial charge in [-0.25, -0.2) is 4.98 Å². The van der Waals surface area contributed by atoms with Crippen LogP contribution in [0.15, 0.2) is 18.3 Å². The third-order valence-electron chi connectivity index (χ3n) is 2.76. The molecule has 1 atom stereocenters. The molecule has 4 heteroatoms. The molecule has 1 aliphatic heterocycles. The van der Waals surface area contributed by atoms with Crippen LogP contribution in [0.25, 0.3) is 0 Å². The number of ether oxygens (including phenoxy) is 1. The van der Waals surface area contributed by atoms with Crippen molar-refractivity contribution in [1.29, 1.82) is 0 Å². The predicted octanol–water partition coefficient (Wildman–Crippen LogP) is 0.357. The van der Waals surface area contributed by atoms with Crippen LogP contribution in [-0.2, 0) is 6.42 Å². The standard InChI is InChI=1S/C11H16N2O2/c1-15-10-3-2-9(7-13-10)6-11(14)4-5-12-8-11/h2-3,7,12,14H,4-6,8H2,1H3. The van der Waals surface area contributed by atoms with Crippen LogP contribution in [0.1, 0.15) is 12.0 Å². The number of β-amino-alcohol motifs (C(OH)–C–C–N with tert-alkyl or cyclic N) is 1. The first kappa shape index (κ1) is 10.4. The van der Waals surface area contributed by atoms with Crippen LogP contribution in [0.4, 0.5) is 0 Å². The van der Waals surface area contributed by atoms with Crippen molar-refractivity contribution in [1.82, 2.24) is 10.3 Å². The van der Waals surface area contributed by atoms with Gasteiger partial charge in [0.25, 0.3) is 0 Å². The molecule has 0 saturated carbocycles. The Balaban J connectivity index is 2.04. The number of pyridine rings is 1. The average Bonchev–Trinajstić information content (AvgIpc) is 2.66. The van der Waals surface area contributed by atoms with Crippen molar-refractivity contribution in [3.8, 4) is 5.88 Å². The summed E-state index contributed by atoms with van der Waals surface area (Å²) in [5.41, 5.74) is 0.443. The van der Waals surface area contributed by atoms with Gasteiger partial charge in [0.15, 0.2) is 0 Å². The molecular formula is C11H16N2O2. The summed E-state index contributed by atoms with van der Waals surface area (Å²) in [6.45, 7) is 1.55. The second kappa shape index (κ2) is 4.16. The number of nitrogens with one attached hydrogen (secondary N) is 1. The van der Waals surface area contributed by atoms with E-state index >= 15 is 0 Å². The Bertz CT molecular complexity index is 318. The number of hydrogen-bond acceptors (Lipinski definition) is 4. The van der Waals surface area contributed by atoms with Gasteiger partial charge in [-0.15, -0.1) is 0 Å². The number of hydrogen-bond donors (Lipinski definition) is 2. The highest BCUT2D eigenvalue weighted by atomic mass is 16.5. The van der Waals surface area contributed by atoms with Crippen LogP contribution in [0, 0.1) is 0 Å². The van der Waals surface area contributed by atoms with Gasteiger partial charge in [0.2, 0.25) is 5.88 Å². The summed E-state index contributed by atoms with van der Waals surface area (Å²) in [5.74, 6) is 0.607. The van der Waals surface area contributed by atoms with E-state index in [0.717, 1.165) is 18.5 Å². The molecule has 0 radical (unpaired) electrons. The summed E-state index contributed by atoms with van der Waals surface area (Å²) in [5, 5.41) is 13.3. The molecule has 2 heterocycles. The molecule has 1 aliphatic rings. The minimum atomic E-state index is -0.601. The van der Waals surface area contributed by atoms with Gasteiger partial charge < -0.3 is 15.2 Å². The number of aromatic nitrogens is 1. The Morgan fingerprint density at radius 2 is 2.47 bits per heavy atom. The largest absolute Gasteiger partial charge is 0.481 e. The molecule has 2 rings (SSSR count). The van der Waals surface area contributed by atoms with Crippen molar-refractivity contribution in [2.45, 2.75) is 18.4 Å². The Labute approximate surface area is 89.3 Å². The number of rotatable bonds is 3. The van der Waals surface area contributed by atoms with E-state index in [0.29, 0.717) is 18.8 Å². The molecule has 1 aromatic heterocycles. The first-order valence-corrected chi connectivity index (χ1v) is 5.14. The van der Waals surface area contributed by atoms with E-state index in [2.05, 4.69) is 10.3 Å². The molecule has 1 saturated heterocycles. The van der Waals surface area contributed by atoms with E-state index in [1.165, 1.54) is 0 Å². The molecular weight excluding hydrogens is 192 g/mol. The van der Waals surface area contributed by atoms with Crippen LogP contribution in [0.3, 0.4) is 0 Å². The molecule has 2 N–H and O–H groups in total. The monoisotopic (exact) mass is 208 g/mol. The molecule has 82 valence electrons. The lowest BCUT2D eigenvalue weighted by atomic mass is 9.95. The van der Waals surface area contributed by atoms with Crippen molar-refractivity contribution < 1.29 is 9.84 Å². The van der Waals surface area contributed by atoms with Gasteiger partial charge in [0.1, 0.15) is 0 Å². The molecule has 1 fully saturated rings. The fraction of sp³-hybridized carbons (Fsp3) is 0.545. The molecule has 0 aliphatic carbocycles. The van der Waals surface area contributed by atoms with Crippen molar-refractivity contribution in [2.24, 2.45) is 0 Å². The highest BCUT2D eigenvalue weighted by molar-refractivity contribution is 5.20. The topological polar surface area (TPSA) is 54.4 Å². The van der Waals surface area contributed by atoms with Gasteiger partial charge in [-0.2, -0.15) is 0 Å². The third-order valence-corrected chi connectivity index (χ3v) is 2.76. The predicted molar refractivity (Wildman–Crippen MR) is 56.9 cm³/mol. The second-order valence-corrected chi connectivity index (χ2v) is 4.04. The summed E-state index contributed by atoms with van der Waals surface area (Å²) in [4.78, 5) is 4.12. The Hall–Kier alpha value is -1.13. The minimum Gasteiger partial charge on any atom is -0.481 e. The van der Waals surface area contributed by atoms with E-state index in [1.54, 1.807) is 13.3 Å². The normalized spacial score (nSPS) is 25.5. The maximum atomic E-state index is 10.1. The summed E-state index contributed by atoms with van der Waals surface area (Å²) in [7, 11) is 1.59. The maximum Gasteiger partial charge on any atom is 0.212 e. The lowest BCUT2D eigenvalue weighted by Gasteiger charge is -2.20. The van der Waals surface area contributed by atoms with Crippen LogP contribution in [0.5, 0.6) is 5.88 Å². The zero-order valence-corrected chi connectivity index (χ0v) is 8.86. The smallest absolute Gasteiger partial charge is 0.212 e. The first-order chi connectivity index (χ1) is 7.22. The van der Waals surface area contributed by atoms with Gasteiger partial charge >= 0.3 is 0 Å². The summed E-state index contributed by atoms with van der Waals surface area (Å²) in [6.07, 6.45) is 3.21. The average molecular weight is 208 g/mol. The van der Waals surface area contributed by atoms with Crippen molar-refractivity contribution in [2.75, 3.05) is 20.2 Å². The second-order valence-electron chi connectivity index (χ2n) is 4.04. The summed E-state index contributed by atoms with van der Waals surface area (Å²) < 4.78 is 4.98. The fourth-order valence-electron chi connectivity index (χ4n) is 1.90. The maximum absolute atomic E-state index is 10.1. The molecule has 0 spiro atoms. The van der Waals surface area contributed by atoms with Gasteiger partial charge in [0, 0.05) is 25.2 Å². The molecule has 0 amide bonds. The van der Waals surface area contributed by atoms with Crippen LogP contribution < -0.4 is 10.1 Å². The Kier molecular flexibility index (Phi) is 2.88. The molecule has 4 nitrogen and oxygen atoms in total. The highest BCUT2D eigenvalue weighted by Crippen LogP contribution is 2.20. The molecule has 0 aromatic carbocycles. The van der Waals surface area contributed by atoms with Gasteiger partial charge in [-0.1, -0.05) is 6.07 Å². The van der Waals surface area contributed by atoms with Crippen molar-refractivity contribution in [3.63, 3.8) is 0 Å². The van der Waals surface area contributed by atoms with Crippen LogP contribution >= 0.6 is 0 Å². The quantitative estimate of drug-likeness (QED) is 0.753.